The number of sulfone groups is 1. The molecule has 212 valence electrons. The van der Waals surface area contributed by atoms with Gasteiger partial charge in [0.15, 0.2) is 27.9 Å². The van der Waals surface area contributed by atoms with E-state index in [0.29, 0.717) is 23.1 Å². The summed E-state index contributed by atoms with van der Waals surface area (Å²) in [4.78, 5) is 11.8. The highest BCUT2D eigenvalue weighted by Gasteiger charge is 2.20. The van der Waals surface area contributed by atoms with E-state index in [1.165, 1.54) is 13.0 Å². The Morgan fingerprint density at radius 1 is 1.00 bits per heavy atom. The van der Waals surface area contributed by atoms with Gasteiger partial charge >= 0.3 is 0 Å². The Labute approximate surface area is 230 Å². The maximum Gasteiger partial charge on any atom is 0.221 e. The molecular formula is C21H23N3O12S3. The zero-order chi connectivity index (χ0) is 28.6. The van der Waals surface area contributed by atoms with Gasteiger partial charge in [-0.3, -0.25) is 19.8 Å². The number of nitrogens with one attached hydrogen (secondary N) is 3. The molecule has 39 heavy (non-hydrogen) atoms. The zero-order valence-electron chi connectivity index (χ0n) is 20.2. The molecule has 1 amide bonds. The van der Waals surface area contributed by atoms with Crippen LogP contribution in [-0.4, -0.2) is 47.4 Å². The molecule has 0 heterocycles. The Hall–Kier alpha value is -3.04. The molecule has 0 saturated carbocycles. The lowest BCUT2D eigenvalue weighted by Crippen LogP contribution is -2.14. The summed E-state index contributed by atoms with van der Waals surface area (Å²) in [6, 6.07) is 8.44. The first kappa shape index (κ1) is 30.5. The largest absolute Gasteiger partial charge is 0.506 e. The first-order valence-electron chi connectivity index (χ1n) is 10.6. The van der Waals surface area contributed by atoms with Gasteiger partial charge in [0.25, 0.3) is 0 Å². The second-order valence-corrected chi connectivity index (χ2v) is 11.1. The number of benzene rings is 3. The summed E-state index contributed by atoms with van der Waals surface area (Å²) in [5.74, 6) is -1.52. The summed E-state index contributed by atoms with van der Waals surface area (Å²) in [7, 11) is -3.88. The van der Waals surface area contributed by atoms with Crippen molar-refractivity contribution < 1.29 is 56.9 Å². The van der Waals surface area contributed by atoms with E-state index in [0.717, 1.165) is 17.7 Å². The Morgan fingerprint density at radius 3 is 2.44 bits per heavy atom. The lowest BCUT2D eigenvalue weighted by Gasteiger charge is -2.19. The van der Waals surface area contributed by atoms with Gasteiger partial charge in [-0.1, -0.05) is 16.1 Å². The van der Waals surface area contributed by atoms with E-state index in [4.69, 9.17) is 14.7 Å². The molecule has 7 N–H and O–H groups in total. The van der Waals surface area contributed by atoms with Gasteiger partial charge in [-0.25, -0.2) is 18.9 Å². The van der Waals surface area contributed by atoms with Crippen LogP contribution in [0.5, 0.6) is 11.5 Å². The summed E-state index contributed by atoms with van der Waals surface area (Å²) >= 11 is 0.764. The number of carbonyl (C=O) groups is 1. The fourth-order valence-electron chi connectivity index (χ4n) is 3.44. The predicted octanol–water partition coefficient (Wildman–Crippen LogP) is 4.16. The number of carbonyl (C=O) groups excluding carboxylic acids is 1. The average molecular weight is 606 g/mol. The third-order valence-corrected chi connectivity index (χ3v) is 7.66. The van der Waals surface area contributed by atoms with Crippen LogP contribution in [0.4, 0.5) is 17.1 Å². The topological polar surface area (TPSA) is 214 Å². The SMILES string of the molecule is CC(=O)Nc1cc(C)cc2cc(SOOO)c(NNc3cc(S(=O)(=O)CCOSOOO)ccc3O)c(O)c12. The van der Waals surface area contributed by atoms with Gasteiger partial charge in [-0.2, -0.15) is 0 Å². The molecule has 15 nitrogen and oxygen atoms in total. The molecular weight excluding hydrogens is 582 g/mol. The number of aromatic hydroxyl groups is 2. The molecule has 0 fully saturated rings. The van der Waals surface area contributed by atoms with Crippen LogP contribution < -0.4 is 16.2 Å². The first-order valence-corrected chi connectivity index (χ1v) is 13.7. The molecule has 0 aromatic heterocycles. The molecule has 0 unspecified atom stereocenters. The van der Waals surface area contributed by atoms with Crippen molar-refractivity contribution in [2.24, 2.45) is 0 Å². The van der Waals surface area contributed by atoms with Crippen LogP contribution in [0.25, 0.3) is 10.8 Å². The van der Waals surface area contributed by atoms with Crippen molar-refractivity contribution in [3.63, 3.8) is 0 Å². The molecule has 0 aliphatic rings. The third kappa shape index (κ3) is 7.99. The van der Waals surface area contributed by atoms with Crippen molar-refractivity contribution >= 4 is 67.9 Å². The Kier molecular flexibility index (Phi) is 10.8. The van der Waals surface area contributed by atoms with Crippen molar-refractivity contribution in [2.45, 2.75) is 23.6 Å². The number of aryl methyl sites for hydroxylation is 1. The van der Waals surface area contributed by atoms with E-state index in [1.807, 2.05) is 0 Å². The van der Waals surface area contributed by atoms with Crippen LogP contribution in [0.2, 0.25) is 0 Å². The molecule has 3 aromatic carbocycles. The molecule has 0 atom stereocenters. The second-order valence-electron chi connectivity index (χ2n) is 7.70. The summed E-state index contributed by atoms with van der Waals surface area (Å²) in [6.07, 6.45) is 0. The highest BCUT2D eigenvalue weighted by molar-refractivity contribution is 7.94. The average Bonchev–Trinajstić information content (AvgIpc) is 2.86. The summed E-state index contributed by atoms with van der Waals surface area (Å²) in [5, 5.41) is 48.6. The molecule has 0 spiro atoms. The van der Waals surface area contributed by atoms with Crippen LogP contribution in [0, 0.1) is 6.92 Å². The fourth-order valence-corrected chi connectivity index (χ4v) is 5.38. The fraction of sp³-hybridized carbons (Fsp3) is 0.190. The number of amides is 1. The van der Waals surface area contributed by atoms with Gasteiger partial charge in [0, 0.05) is 12.3 Å². The Morgan fingerprint density at radius 2 is 1.74 bits per heavy atom. The predicted molar refractivity (Wildman–Crippen MR) is 141 cm³/mol. The molecule has 0 bridgehead atoms. The van der Waals surface area contributed by atoms with E-state index >= 15 is 0 Å². The zero-order valence-corrected chi connectivity index (χ0v) is 22.6. The van der Waals surface area contributed by atoms with Crippen LogP contribution in [0.15, 0.2) is 46.2 Å². The molecule has 0 saturated heterocycles. The van der Waals surface area contributed by atoms with Gasteiger partial charge in [0.1, 0.15) is 11.4 Å². The molecule has 0 radical (unpaired) electrons. The minimum Gasteiger partial charge on any atom is -0.506 e. The number of anilines is 3. The highest BCUT2D eigenvalue weighted by Crippen LogP contribution is 2.45. The minimum absolute atomic E-state index is 0.0239. The summed E-state index contributed by atoms with van der Waals surface area (Å²) in [5.41, 5.74) is 6.32. The lowest BCUT2D eigenvalue weighted by atomic mass is 10.0. The third-order valence-electron chi connectivity index (χ3n) is 4.98. The normalized spacial score (nSPS) is 11.5. The number of hydrazine groups is 1. The van der Waals surface area contributed by atoms with Gasteiger partial charge in [-0.05, 0) is 48.2 Å². The van der Waals surface area contributed by atoms with Crippen LogP contribution in [0.1, 0.15) is 12.5 Å². The van der Waals surface area contributed by atoms with Crippen molar-refractivity contribution in [3.8, 4) is 11.5 Å². The van der Waals surface area contributed by atoms with Crippen LogP contribution in [-0.2, 0) is 37.6 Å². The van der Waals surface area contributed by atoms with E-state index in [2.05, 4.69) is 34.9 Å². The van der Waals surface area contributed by atoms with Gasteiger partial charge in [-0.15, -0.1) is 8.67 Å². The number of phenols is 2. The van der Waals surface area contributed by atoms with Gasteiger partial charge in [0.2, 0.25) is 5.91 Å². The maximum absolute atomic E-state index is 12.7. The standard InChI is InChI=1S/C21H23N3O12S3/c1-11-7-13-9-18(37-35-33-28)20(21(27)19(13)16(8-11)22-12(2)25)24-23-15-10-14(3-4-17(15)26)39(30,31)6-5-32-38-36-34-29/h3-4,7-10,23-24,26-29H,5-6H2,1-2H3,(H,22,25). The molecule has 0 aliphatic carbocycles. The van der Waals surface area contributed by atoms with E-state index in [-0.39, 0.29) is 62.9 Å². The van der Waals surface area contributed by atoms with Crippen LogP contribution in [0.3, 0.4) is 0 Å². The first-order chi connectivity index (χ1) is 18.6. The monoisotopic (exact) mass is 605 g/mol. The number of phenolic OH excluding ortho intramolecular Hbond substituents is 2. The lowest BCUT2D eigenvalue weighted by molar-refractivity contribution is -0.434. The van der Waals surface area contributed by atoms with Crippen molar-refractivity contribution in [1.82, 2.24) is 0 Å². The number of hydrogen-bond acceptors (Lipinski definition) is 16. The van der Waals surface area contributed by atoms with E-state index in [1.54, 1.807) is 25.1 Å². The quantitative estimate of drug-likeness (QED) is 0.0451. The smallest absolute Gasteiger partial charge is 0.221 e. The number of fused-ring (bicyclic) bond motifs is 1. The van der Waals surface area contributed by atoms with Crippen molar-refractivity contribution in [2.75, 3.05) is 28.5 Å². The summed E-state index contributed by atoms with van der Waals surface area (Å²) < 4.78 is 38.6. The molecule has 0 aliphatic heterocycles. The second kappa shape index (κ2) is 13.8. The van der Waals surface area contributed by atoms with Crippen molar-refractivity contribution in [1.29, 1.82) is 0 Å². The van der Waals surface area contributed by atoms with Crippen LogP contribution >= 0.6 is 24.4 Å². The number of hydrogen-bond donors (Lipinski definition) is 7. The van der Waals surface area contributed by atoms with E-state index in [9.17, 15) is 23.4 Å². The minimum atomic E-state index is -3.88. The Bertz CT molecular complexity index is 1440. The molecule has 3 aromatic rings. The Balaban J connectivity index is 1.94. The van der Waals surface area contributed by atoms with Gasteiger partial charge in [0.05, 0.1) is 45.6 Å². The molecule has 3 rings (SSSR count). The number of rotatable bonds is 14. The van der Waals surface area contributed by atoms with Crippen molar-refractivity contribution in [3.05, 3.63) is 42.0 Å². The van der Waals surface area contributed by atoms with Gasteiger partial charge < -0.3 is 15.5 Å². The summed E-state index contributed by atoms with van der Waals surface area (Å²) in [6.45, 7) is 2.79. The highest BCUT2D eigenvalue weighted by atomic mass is 32.2. The maximum atomic E-state index is 12.7. The van der Waals surface area contributed by atoms with E-state index < -0.39 is 15.6 Å². The molecule has 18 heteroatoms.